The third-order valence-corrected chi connectivity index (χ3v) is 6.11. The number of benzene rings is 2. The van der Waals surface area contributed by atoms with Crippen molar-refractivity contribution in [3.63, 3.8) is 0 Å². The maximum atomic E-state index is 12.8. The van der Waals surface area contributed by atoms with E-state index in [4.69, 9.17) is 0 Å². The molecule has 2 aromatic carbocycles. The first-order valence-corrected chi connectivity index (χ1v) is 10.1. The average molecular weight is 483 g/mol. The molecule has 1 fully saturated rings. The minimum atomic E-state index is -0.386. The molecule has 136 valence electrons. The van der Waals surface area contributed by atoms with Crippen LogP contribution in [0.15, 0.2) is 47.4 Å². The van der Waals surface area contributed by atoms with E-state index in [1.165, 1.54) is 18.0 Å². The first-order valence-electron chi connectivity index (χ1n) is 8.21. The lowest BCUT2D eigenvalue weighted by Gasteiger charge is -2.22. The van der Waals surface area contributed by atoms with Crippen LogP contribution in [0.3, 0.4) is 0 Å². The average Bonchev–Trinajstić information content (AvgIpc) is 3.06. The second kappa shape index (κ2) is 8.36. The third-order valence-electron chi connectivity index (χ3n) is 4.23. The molecule has 6 nitrogen and oxygen atoms in total. The number of para-hydroxylation sites is 1. The van der Waals surface area contributed by atoms with Crippen LogP contribution in [0, 0.1) is 20.6 Å². The van der Waals surface area contributed by atoms with Gasteiger partial charge >= 0.3 is 0 Å². The fourth-order valence-electron chi connectivity index (χ4n) is 2.91. The van der Waals surface area contributed by atoms with Crippen molar-refractivity contribution in [1.82, 2.24) is 4.31 Å². The number of nitro groups is 1. The van der Waals surface area contributed by atoms with E-state index in [1.807, 2.05) is 29.4 Å². The molecule has 3 rings (SSSR count). The molecule has 1 aliphatic heterocycles. The number of carbonyl (C=O) groups is 1. The normalized spacial score (nSPS) is 17.2. The Morgan fingerprint density at radius 1 is 1.35 bits per heavy atom. The van der Waals surface area contributed by atoms with Gasteiger partial charge in [0.1, 0.15) is 4.90 Å². The molecule has 0 spiro atoms. The summed E-state index contributed by atoms with van der Waals surface area (Å²) in [5.74, 6) is -0.0714. The van der Waals surface area contributed by atoms with Crippen LogP contribution >= 0.6 is 34.5 Å². The fourth-order valence-corrected chi connectivity index (χ4v) is 4.73. The zero-order valence-corrected chi connectivity index (χ0v) is 17.1. The lowest BCUT2D eigenvalue weighted by atomic mass is 10.1. The minimum absolute atomic E-state index is 0.0667. The van der Waals surface area contributed by atoms with Gasteiger partial charge in [-0.05, 0) is 84.1 Å². The number of nitro benzene ring substituents is 1. The third kappa shape index (κ3) is 4.36. The fraction of sp³-hybridized carbons (Fsp3) is 0.278. The van der Waals surface area contributed by atoms with Gasteiger partial charge in [0.15, 0.2) is 0 Å². The number of nitrogens with zero attached hydrogens (tertiary/aromatic N) is 2. The van der Waals surface area contributed by atoms with Gasteiger partial charge in [-0.1, -0.05) is 12.1 Å². The highest BCUT2D eigenvalue weighted by Gasteiger charge is 2.33. The van der Waals surface area contributed by atoms with Crippen molar-refractivity contribution in [3.8, 4) is 0 Å². The quantitative estimate of drug-likeness (QED) is 0.291. The number of anilines is 1. The van der Waals surface area contributed by atoms with E-state index in [0.29, 0.717) is 4.90 Å². The van der Waals surface area contributed by atoms with Gasteiger partial charge < -0.3 is 5.32 Å². The smallest absolute Gasteiger partial charge is 0.284 e. The van der Waals surface area contributed by atoms with Crippen molar-refractivity contribution in [2.75, 3.05) is 11.9 Å². The summed E-state index contributed by atoms with van der Waals surface area (Å²) in [5.41, 5.74) is 1.89. The molecule has 0 saturated carbocycles. The van der Waals surface area contributed by atoms with E-state index in [1.54, 1.807) is 18.2 Å². The molecule has 8 heteroatoms. The molecular weight excluding hydrogens is 465 g/mol. The lowest BCUT2D eigenvalue weighted by Crippen LogP contribution is -2.35. The summed E-state index contributed by atoms with van der Waals surface area (Å²) in [5, 5.41) is 14.2. The predicted molar refractivity (Wildman–Crippen MR) is 111 cm³/mol. The van der Waals surface area contributed by atoms with Crippen molar-refractivity contribution >= 4 is 51.8 Å². The standard InChI is InChI=1S/C18H18IN3O3S/c1-12-11-13(19)8-9-14(12)20-18(23)16-6-4-10-21(16)26-17-7-3-2-5-15(17)22(24)25/h2-3,5,7-9,11,16H,4,6,10H2,1H3,(H,20,23)/t16-/m1/s1. The number of hydrogen-bond donors (Lipinski definition) is 1. The Morgan fingerprint density at radius 2 is 2.12 bits per heavy atom. The Labute approximate surface area is 169 Å². The first-order chi connectivity index (χ1) is 12.5. The van der Waals surface area contributed by atoms with E-state index in [9.17, 15) is 14.9 Å². The maximum absolute atomic E-state index is 12.8. The molecule has 1 saturated heterocycles. The topological polar surface area (TPSA) is 75.5 Å². The van der Waals surface area contributed by atoms with Crippen LogP contribution in [0.2, 0.25) is 0 Å². The summed E-state index contributed by atoms with van der Waals surface area (Å²) in [6.07, 6.45) is 1.63. The summed E-state index contributed by atoms with van der Waals surface area (Å²) in [6, 6.07) is 12.2. The van der Waals surface area contributed by atoms with Crippen LogP contribution < -0.4 is 5.32 Å². The lowest BCUT2D eigenvalue weighted by molar-refractivity contribution is -0.387. The van der Waals surface area contributed by atoms with Crippen molar-refractivity contribution < 1.29 is 9.72 Å². The van der Waals surface area contributed by atoms with Gasteiger partial charge in [-0.15, -0.1) is 0 Å². The van der Waals surface area contributed by atoms with Gasteiger partial charge in [-0.2, -0.15) is 0 Å². The highest BCUT2D eigenvalue weighted by molar-refractivity contribution is 14.1. The monoisotopic (exact) mass is 483 g/mol. The number of nitrogens with one attached hydrogen (secondary N) is 1. The Hall–Kier alpha value is -1.65. The highest BCUT2D eigenvalue weighted by Crippen LogP contribution is 2.36. The molecule has 1 aliphatic rings. The first kappa shape index (κ1) is 19.1. The number of hydrogen-bond acceptors (Lipinski definition) is 5. The molecule has 1 heterocycles. The van der Waals surface area contributed by atoms with Crippen molar-refractivity contribution in [3.05, 3.63) is 61.7 Å². The molecule has 0 radical (unpaired) electrons. The van der Waals surface area contributed by atoms with Gasteiger partial charge in [0.2, 0.25) is 5.91 Å². The summed E-state index contributed by atoms with van der Waals surface area (Å²) < 4.78 is 3.06. The van der Waals surface area contributed by atoms with Gasteiger partial charge in [-0.25, -0.2) is 4.31 Å². The van der Waals surface area contributed by atoms with Crippen molar-refractivity contribution in [2.24, 2.45) is 0 Å². The predicted octanol–water partition coefficient (Wildman–Crippen LogP) is 4.62. The molecule has 0 aromatic heterocycles. The van der Waals surface area contributed by atoms with E-state index >= 15 is 0 Å². The van der Waals surface area contributed by atoms with E-state index in [-0.39, 0.29) is 22.6 Å². The van der Waals surface area contributed by atoms with Crippen LogP contribution in [0.5, 0.6) is 0 Å². The SMILES string of the molecule is Cc1cc(I)ccc1NC(=O)[C@H]1CCCN1Sc1ccccc1[N+](=O)[O-]. The Balaban J connectivity index is 1.74. The van der Waals surface area contributed by atoms with Crippen LogP contribution in [-0.4, -0.2) is 27.7 Å². The molecule has 1 N–H and O–H groups in total. The van der Waals surface area contributed by atoms with E-state index < -0.39 is 0 Å². The number of halogens is 1. The van der Waals surface area contributed by atoms with Gasteiger partial charge in [0, 0.05) is 21.9 Å². The molecule has 2 aromatic rings. The second-order valence-corrected chi connectivity index (χ2v) is 8.40. The molecule has 0 aliphatic carbocycles. The molecule has 26 heavy (non-hydrogen) atoms. The summed E-state index contributed by atoms with van der Waals surface area (Å²) in [4.78, 5) is 24.2. The summed E-state index contributed by atoms with van der Waals surface area (Å²) >= 11 is 3.53. The number of aryl methyl sites for hydroxylation is 1. The Bertz CT molecular complexity index is 846. The van der Waals surface area contributed by atoms with E-state index in [2.05, 4.69) is 27.9 Å². The number of amides is 1. The van der Waals surface area contributed by atoms with Gasteiger partial charge in [0.05, 0.1) is 11.0 Å². The molecule has 0 bridgehead atoms. The zero-order valence-electron chi connectivity index (χ0n) is 14.1. The summed E-state index contributed by atoms with van der Waals surface area (Å²) in [6.45, 7) is 2.69. The molecule has 0 unspecified atom stereocenters. The van der Waals surface area contributed by atoms with E-state index in [0.717, 1.165) is 34.2 Å². The van der Waals surface area contributed by atoms with Gasteiger partial charge in [0.25, 0.3) is 5.69 Å². The highest BCUT2D eigenvalue weighted by atomic mass is 127. The second-order valence-electron chi connectivity index (χ2n) is 6.06. The molecule has 1 amide bonds. The van der Waals surface area contributed by atoms with Crippen LogP contribution in [0.1, 0.15) is 18.4 Å². The Kier molecular flexibility index (Phi) is 6.15. The van der Waals surface area contributed by atoms with Crippen molar-refractivity contribution in [2.45, 2.75) is 30.7 Å². The largest absolute Gasteiger partial charge is 0.324 e. The molecule has 1 atom stereocenters. The molecular formula is C18H18IN3O3S. The summed E-state index contributed by atoms with van der Waals surface area (Å²) in [7, 11) is 0. The number of carbonyl (C=O) groups excluding carboxylic acids is 1. The number of rotatable bonds is 5. The van der Waals surface area contributed by atoms with Gasteiger partial charge in [-0.3, -0.25) is 14.9 Å². The maximum Gasteiger partial charge on any atom is 0.284 e. The van der Waals surface area contributed by atoms with Crippen LogP contribution in [-0.2, 0) is 4.79 Å². The zero-order chi connectivity index (χ0) is 18.7. The van der Waals surface area contributed by atoms with Crippen LogP contribution in [0.4, 0.5) is 11.4 Å². The minimum Gasteiger partial charge on any atom is -0.324 e. The Morgan fingerprint density at radius 3 is 2.85 bits per heavy atom. The van der Waals surface area contributed by atoms with Crippen molar-refractivity contribution in [1.29, 1.82) is 0 Å². The van der Waals surface area contributed by atoms with Crippen LogP contribution in [0.25, 0.3) is 0 Å².